The van der Waals surface area contributed by atoms with Crippen LogP contribution in [-0.4, -0.2) is 18.1 Å². The molecule has 0 amide bonds. The van der Waals surface area contributed by atoms with Crippen molar-refractivity contribution < 1.29 is 18.3 Å². The molecule has 0 aliphatic carbocycles. The maximum absolute atomic E-state index is 13.0. The Bertz CT molecular complexity index is 597. The Kier molecular flexibility index (Phi) is 3.85. The first-order valence-electron chi connectivity index (χ1n) is 5.57. The molecule has 0 aliphatic heterocycles. The lowest BCUT2D eigenvalue weighted by molar-refractivity contribution is 0.0594. The predicted octanol–water partition coefficient (Wildman–Crippen LogP) is 2.74. The van der Waals surface area contributed by atoms with E-state index < -0.39 is 17.6 Å². The van der Waals surface area contributed by atoms with E-state index in [0.717, 1.165) is 17.7 Å². The molecule has 0 N–H and O–H groups in total. The Morgan fingerprint density at radius 3 is 2.47 bits per heavy atom. The number of hydrogen-bond donors (Lipinski definition) is 0. The van der Waals surface area contributed by atoms with Gasteiger partial charge in [0.2, 0.25) is 0 Å². The minimum absolute atomic E-state index is 0.205. The number of carbonyl (C=O) groups is 1. The molecule has 5 heteroatoms. The summed E-state index contributed by atoms with van der Waals surface area (Å²) in [5.41, 5.74) is 1.63. The number of aromatic nitrogens is 1. The first-order valence-corrected chi connectivity index (χ1v) is 5.57. The molecule has 0 radical (unpaired) electrons. The molecule has 0 atom stereocenters. The molecule has 19 heavy (non-hydrogen) atoms. The van der Waals surface area contributed by atoms with Crippen LogP contribution < -0.4 is 0 Å². The van der Waals surface area contributed by atoms with Crippen LogP contribution in [0.2, 0.25) is 0 Å². The van der Waals surface area contributed by atoms with Crippen LogP contribution in [0.5, 0.6) is 0 Å². The van der Waals surface area contributed by atoms with Crippen LogP contribution in [0.15, 0.2) is 36.5 Å². The van der Waals surface area contributed by atoms with E-state index in [1.165, 1.54) is 25.4 Å². The minimum atomic E-state index is -0.878. The van der Waals surface area contributed by atoms with E-state index in [1.807, 2.05) is 0 Å². The van der Waals surface area contributed by atoms with Gasteiger partial charge < -0.3 is 4.74 Å². The lowest BCUT2D eigenvalue weighted by Crippen LogP contribution is -2.04. The first-order chi connectivity index (χ1) is 9.10. The van der Waals surface area contributed by atoms with Crippen LogP contribution in [-0.2, 0) is 11.2 Å². The molecule has 3 nitrogen and oxygen atoms in total. The van der Waals surface area contributed by atoms with Gasteiger partial charge in [-0.15, -0.1) is 0 Å². The van der Waals surface area contributed by atoms with Crippen LogP contribution in [0, 0.1) is 11.6 Å². The molecule has 1 aromatic heterocycles. The lowest BCUT2D eigenvalue weighted by atomic mass is 10.1. The highest BCUT2D eigenvalue weighted by Crippen LogP contribution is 2.13. The molecule has 0 saturated heterocycles. The standard InChI is InChI=1S/C14H11F2NO2/c1-19-14(18)13-5-3-10(8-17-13)6-9-2-4-11(15)12(16)7-9/h2-5,7-8H,6H2,1H3. The highest BCUT2D eigenvalue weighted by molar-refractivity contribution is 5.86. The number of halogens is 2. The van der Waals surface area contributed by atoms with E-state index in [9.17, 15) is 13.6 Å². The van der Waals surface area contributed by atoms with Gasteiger partial charge in [0.25, 0.3) is 0 Å². The zero-order valence-corrected chi connectivity index (χ0v) is 10.2. The van der Waals surface area contributed by atoms with E-state index in [4.69, 9.17) is 0 Å². The summed E-state index contributed by atoms with van der Waals surface area (Å²) in [7, 11) is 1.28. The van der Waals surface area contributed by atoms with E-state index in [2.05, 4.69) is 9.72 Å². The summed E-state index contributed by atoms with van der Waals surface area (Å²) < 4.78 is 30.4. The second kappa shape index (κ2) is 5.56. The van der Waals surface area contributed by atoms with Gasteiger partial charge >= 0.3 is 5.97 Å². The van der Waals surface area contributed by atoms with Crippen molar-refractivity contribution in [1.82, 2.24) is 4.98 Å². The molecule has 0 fully saturated rings. The average Bonchev–Trinajstić information content (AvgIpc) is 2.43. The predicted molar refractivity (Wildman–Crippen MR) is 64.7 cm³/mol. The number of nitrogens with zero attached hydrogens (tertiary/aromatic N) is 1. The van der Waals surface area contributed by atoms with Gasteiger partial charge in [-0.2, -0.15) is 0 Å². The number of pyridine rings is 1. The molecular formula is C14H11F2NO2. The third kappa shape index (κ3) is 3.13. The summed E-state index contributed by atoms with van der Waals surface area (Å²) in [6, 6.07) is 6.96. The van der Waals surface area contributed by atoms with Gasteiger partial charge in [-0.1, -0.05) is 12.1 Å². The van der Waals surface area contributed by atoms with E-state index in [0.29, 0.717) is 12.0 Å². The molecule has 98 valence electrons. The van der Waals surface area contributed by atoms with E-state index in [1.54, 1.807) is 6.07 Å². The van der Waals surface area contributed by atoms with Crippen LogP contribution in [0.3, 0.4) is 0 Å². The number of benzene rings is 1. The largest absolute Gasteiger partial charge is 0.464 e. The van der Waals surface area contributed by atoms with Crippen LogP contribution in [0.1, 0.15) is 21.6 Å². The van der Waals surface area contributed by atoms with Crippen molar-refractivity contribution in [1.29, 1.82) is 0 Å². The Morgan fingerprint density at radius 2 is 1.89 bits per heavy atom. The molecule has 0 saturated carbocycles. The van der Waals surface area contributed by atoms with Crippen molar-refractivity contribution in [2.75, 3.05) is 7.11 Å². The van der Waals surface area contributed by atoms with E-state index >= 15 is 0 Å². The summed E-state index contributed by atoms with van der Waals surface area (Å²) in [6.07, 6.45) is 1.92. The molecule has 0 aliphatic rings. The normalized spacial score (nSPS) is 10.3. The van der Waals surface area contributed by atoms with Crippen molar-refractivity contribution in [3.05, 3.63) is 65.0 Å². The summed E-state index contributed by atoms with van der Waals surface area (Å²) in [5, 5.41) is 0. The molecule has 0 spiro atoms. The van der Waals surface area contributed by atoms with Gasteiger partial charge in [-0.3, -0.25) is 0 Å². The quantitative estimate of drug-likeness (QED) is 0.799. The van der Waals surface area contributed by atoms with E-state index in [-0.39, 0.29) is 5.69 Å². The van der Waals surface area contributed by atoms with Gasteiger partial charge in [0.15, 0.2) is 11.6 Å². The Balaban J connectivity index is 2.15. The number of esters is 1. The van der Waals surface area contributed by atoms with Gasteiger partial charge in [0.05, 0.1) is 7.11 Å². The topological polar surface area (TPSA) is 39.2 Å². The van der Waals surface area contributed by atoms with Gasteiger partial charge in [0.1, 0.15) is 5.69 Å². The number of hydrogen-bond acceptors (Lipinski definition) is 3. The molecular weight excluding hydrogens is 252 g/mol. The van der Waals surface area contributed by atoms with Crippen molar-refractivity contribution in [2.45, 2.75) is 6.42 Å². The van der Waals surface area contributed by atoms with Crippen LogP contribution in [0.25, 0.3) is 0 Å². The van der Waals surface area contributed by atoms with Crippen LogP contribution >= 0.6 is 0 Å². The van der Waals surface area contributed by atoms with Crippen molar-refractivity contribution in [3.63, 3.8) is 0 Å². The second-order valence-corrected chi connectivity index (χ2v) is 3.97. The first kappa shape index (κ1) is 13.1. The fraction of sp³-hybridized carbons (Fsp3) is 0.143. The van der Waals surface area contributed by atoms with Crippen molar-refractivity contribution >= 4 is 5.97 Å². The van der Waals surface area contributed by atoms with Crippen LogP contribution in [0.4, 0.5) is 8.78 Å². The second-order valence-electron chi connectivity index (χ2n) is 3.97. The number of rotatable bonds is 3. The Labute approximate surface area is 108 Å². The fourth-order valence-corrected chi connectivity index (χ4v) is 1.64. The monoisotopic (exact) mass is 263 g/mol. The average molecular weight is 263 g/mol. The molecule has 2 rings (SSSR count). The third-order valence-corrected chi connectivity index (χ3v) is 2.61. The molecule has 1 aromatic carbocycles. The SMILES string of the molecule is COC(=O)c1ccc(Cc2ccc(F)c(F)c2)cn1. The zero-order valence-electron chi connectivity index (χ0n) is 10.2. The fourth-order valence-electron chi connectivity index (χ4n) is 1.64. The van der Waals surface area contributed by atoms with Gasteiger partial charge in [-0.05, 0) is 35.7 Å². The number of methoxy groups -OCH3 is 1. The highest BCUT2D eigenvalue weighted by Gasteiger charge is 2.07. The Hall–Kier alpha value is -2.30. The molecule has 0 unspecified atom stereocenters. The maximum atomic E-state index is 13.0. The number of ether oxygens (including phenoxy) is 1. The summed E-state index contributed by atoms with van der Waals surface area (Å²) in [4.78, 5) is 15.1. The summed E-state index contributed by atoms with van der Waals surface area (Å²) >= 11 is 0. The van der Waals surface area contributed by atoms with Gasteiger partial charge in [-0.25, -0.2) is 18.6 Å². The van der Waals surface area contributed by atoms with Crippen molar-refractivity contribution in [2.24, 2.45) is 0 Å². The highest BCUT2D eigenvalue weighted by atomic mass is 19.2. The minimum Gasteiger partial charge on any atom is -0.464 e. The maximum Gasteiger partial charge on any atom is 0.356 e. The summed E-state index contributed by atoms with van der Waals surface area (Å²) in [5.74, 6) is -2.26. The lowest BCUT2D eigenvalue weighted by Gasteiger charge is -2.03. The Morgan fingerprint density at radius 1 is 1.16 bits per heavy atom. The zero-order chi connectivity index (χ0) is 13.8. The summed E-state index contributed by atoms with van der Waals surface area (Å²) in [6.45, 7) is 0. The molecule has 2 aromatic rings. The van der Waals surface area contributed by atoms with Gasteiger partial charge in [0, 0.05) is 6.20 Å². The molecule has 1 heterocycles. The number of carbonyl (C=O) groups excluding carboxylic acids is 1. The molecule has 0 bridgehead atoms. The smallest absolute Gasteiger partial charge is 0.356 e. The third-order valence-electron chi connectivity index (χ3n) is 2.61. The van der Waals surface area contributed by atoms with Crippen molar-refractivity contribution in [3.8, 4) is 0 Å².